The third-order valence-electron chi connectivity index (χ3n) is 2.91. The lowest BCUT2D eigenvalue weighted by atomic mass is 10.4. The normalized spacial score (nSPS) is 12.9. The van der Waals surface area contributed by atoms with E-state index >= 15 is 0 Å². The number of nitrogens with one attached hydrogen (secondary N) is 1. The first-order valence-corrected chi connectivity index (χ1v) is 6.61. The minimum Gasteiger partial charge on any atom is -0.383 e. The molecule has 1 rings (SSSR count). The van der Waals surface area contributed by atoms with Crippen LogP contribution in [0.5, 0.6) is 0 Å². The van der Waals surface area contributed by atoms with Crippen LogP contribution >= 0.6 is 0 Å². The minimum atomic E-state index is 0.248. The number of anilines is 1. The van der Waals surface area contributed by atoms with E-state index in [1.54, 1.807) is 14.2 Å². The van der Waals surface area contributed by atoms with Crippen molar-refractivity contribution in [1.29, 1.82) is 0 Å². The van der Waals surface area contributed by atoms with Gasteiger partial charge in [0.05, 0.1) is 13.2 Å². The first-order chi connectivity index (χ1) is 9.17. The van der Waals surface area contributed by atoms with Crippen LogP contribution in [-0.4, -0.2) is 68.1 Å². The quantitative estimate of drug-likeness (QED) is 0.685. The molecule has 0 amide bonds. The summed E-state index contributed by atoms with van der Waals surface area (Å²) in [6.07, 6.45) is 3.81. The van der Waals surface area contributed by atoms with Gasteiger partial charge in [-0.1, -0.05) is 0 Å². The smallest absolute Gasteiger partial charge is 0.203 e. The van der Waals surface area contributed by atoms with Crippen LogP contribution in [0, 0.1) is 0 Å². The summed E-state index contributed by atoms with van der Waals surface area (Å²) in [6, 6.07) is 0.248. The summed E-state index contributed by atoms with van der Waals surface area (Å²) in [5.74, 6) is 0.893. The average molecular weight is 270 g/mol. The van der Waals surface area contributed by atoms with Crippen LogP contribution in [-0.2, 0) is 16.0 Å². The van der Waals surface area contributed by atoms with Gasteiger partial charge in [-0.15, -0.1) is 0 Å². The van der Waals surface area contributed by atoms with Crippen molar-refractivity contribution in [3.05, 3.63) is 12.4 Å². The molecule has 1 N–H and O–H groups in total. The van der Waals surface area contributed by atoms with Crippen molar-refractivity contribution in [3.8, 4) is 0 Å². The summed E-state index contributed by atoms with van der Waals surface area (Å²) in [4.78, 5) is 6.57. The van der Waals surface area contributed by atoms with Gasteiger partial charge in [0.25, 0.3) is 0 Å². The second-order valence-corrected chi connectivity index (χ2v) is 4.74. The van der Waals surface area contributed by atoms with E-state index in [2.05, 4.69) is 33.7 Å². The van der Waals surface area contributed by atoms with Crippen molar-refractivity contribution in [3.63, 3.8) is 0 Å². The fourth-order valence-corrected chi connectivity index (χ4v) is 1.78. The molecule has 110 valence electrons. The Kier molecular flexibility index (Phi) is 7.47. The first-order valence-electron chi connectivity index (χ1n) is 6.61. The second kappa shape index (κ2) is 8.90. The zero-order valence-corrected chi connectivity index (χ0v) is 12.4. The molecule has 0 bridgehead atoms. The Morgan fingerprint density at radius 3 is 2.84 bits per heavy atom. The molecule has 1 aromatic heterocycles. The molecule has 0 saturated carbocycles. The molecule has 1 aromatic rings. The third kappa shape index (κ3) is 6.04. The Morgan fingerprint density at radius 1 is 1.37 bits per heavy atom. The monoisotopic (exact) mass is 270 g/mol. The van der Waals surface area contributed by atoms with Gasteiger partial charge in [0, 0.05) is 52.3 Å². The van der Waals surface area contributed by atoms with Crippen LogP contribution in [0.15, 0.2) is 12.4 Å². The molecule has 1 heterocycles. The third-order valence-corrected chi connectivity index (χ3v) is 2.91. The Morgan fingerprint density at radius 2 is 2.16 bits per heavy atom. The summed E-state index contributed by atoms with van der Waals surface area (Å²) in [5.41, 5.74) is 0. The number of imidazole rings is 1. The maximum atomic E-state index is 5.11. The largest absolute Gasteiger partial charge is 0.383 e. The maximum absolute atomic E-state index is 5.11. The van der Waals surface area contributed by atoms with E-state index in [-0.39, 0.29) is 6.04 Å². The zero-order chi connectivity index (χ0) is 14.1. The molecule has 19 heavy (non-hydrogen) atoms. The topological polar surface area (TPSA) is 51.5 Å². The van der Waals surface area contributed by atoms with E-state index < -0.39 is 0 Å². The molecule has 0 spiro atoms. The van der Waals surface area contributed by atoms with Crippen molar-refractivity contribution < 1.29 is 9.47 Å². The van der Waals surface area contributed by atoms with Gasteiger partial charge in [0.1, 0.15) is 0 Å². The summed E-state index contributed by atoms with van der Waals surface area (Å²) in [6.45, 7) is 6.31. The van der Waals surface area contributed by atoms with Crippen LogP contribution in [0.3, 0.4) is 0 Å². The van der Waals surface area contributed by atoms with E-state index in [0.29, 0.717) is 6.61 Å². The molecule has 0 radical (unpaired) electrons. The van der Waals surface area contributed by atoms with Crippen molar-refractivity contribution in [2.75, 3.05) is 52.9 Å². The predicted molar refractivity (Wildman–Crippen MR) is 76.6 cm³/mol. The number of hydrogen-bond donors (Lipinski definition) is 1. The molecular weight excluding hydrogens is 244 g/mol. The van der Waals surface area contributed by atoms with Gasteiger partial charge in [0.2, 0.25) is 5.95 Å². The Labute approximate surface area is 115 Å². The fourth-order valence-electron chi connectivity index (χ4n) is 1.78. The van der Waals surface area contributed by atoms with Crippen LogP contribution in [0.4, 0.5) is 5.95 Å². The Bertz CT molecular complexity index is 343. The second-order valence-electron chi connectivity index (χ2n) is 4.74. The van der Waals surface area contributed by atoms with Crippen LogP contribution in [0.25, 0.3) is 0 Å². The number of hydrogen-bond acceptors (Lipinski definition) is 5. The highest BCUT2D eigenvalue weighted by Crippen LogP contribution is 2.06. The number of methoxy groups -OCH3 is 2. The highest BCUT2D eigenvalue weighted by atomic mass is 16.5. The number of ether oxygens (including phenoxy) is 2. The Hall–Kier alpha value is -1.11. The summed E-state index contributed by atoms with van der Waals surface area (Å²) >= 11 is 0. The van der Waals surface area contributed by atoms with Gasteiger partial charge in [-0.25, -0.2) is 4.98 Å². The average Bonchev–Trinajstić information content (AvgIpc) is 2.81. The molecule has 0 aliphatic rings. The van der Waals surface area contributed by atoms with Crippen molar-refractivity contribution >= 4 is 5.95 Å². The molecule has 0 aliphatic heterocycles. The van der Waals surface area contributed by atoms with E-state index in [4.69, 9.17) is 9.47 Å². The van der Waals surface area contributed by atoms with Crippen LogP contribution in [0.1, 0.15) is 6.92 Å². The van der Waals surface area contributed by atoms with Gasteiger partial charge >= 0.3 is 0 Å². The summed E-state index contributed by atoms with van der Waals surface area (Å²) < 4.78 is 12.3. The summed E-state index contributed by atoms with van der Waals surface area (Å²) in [5, 5.41) is 3.34. The lowest BCUT2D eigenvalue weighted by Crippen LogP contribution is -2.28. The fraction of sp³-hybridized carbons (Fsp3) is 0.769. The predicted octanol–water partition coefficient (Wildman–Crippen LogP) is 0.908. The van der Waals surface area contributed by atoms with E-state index in [9.17, 15) is 0 Å². The number of nitrogens with zero attached hydrogens (tertiary/aromatic N) is 3. The maximum Gasteiger partial charge on any atom is 0.203 e. The minimum absolute atomic E-state index is 0.248. The van der Waals surface area contributed by atoms with E-state index in [0.717, 1.165) is 32.2 Å². The van der Waals surface area contributed by atoms with Gasteiger partial charge in [0.15, 0.2) is 0 Å². The van der Waals surface area contributed by atoms with Gasteiger partial charge in [-0.2, -0.15) is 0 Å². The first kappa shape index (κ1) is 15.9. The molecule has 1 atom stereocenters. The lowest BCUT2D eigenvalue weighted by Gasteiger charge is -2.18. The molecule has 6 nitrogen and oxygen atoms in total. The Balaban J connectivity index is 2.39. The molecule has 0 aliphatic carbocycles. The number of rotatable bonds is 10. The van der Waals surface area contributed by atoms with E-state index in [1.165, 1.54) is 0 Å². The molecule has 0 aromatic carbocycles. The van der Waals surface area contributed by atoms with Crippen molar-refractivity contribution in [2.24, 2.45) is 0 Å². The van der Waals surface area contributed by atoms with Crippen LogP contribution in [0.2, 0.25) is 0 Å². The van der Waals surface area contributed by atoms with Crippen LogP contribution < -0.4 is 5.32 Å². The standard InChI is InChI=1S/C13H26N4O2/c1-12(11-19-4)15-13-14-5-6-17(13)8-7-16(2)9-10-18-3/h5-6,12H,7-11H2,1-4H3,(H,14,15). The molecule has 0 fully saturated rings. The van der Waals surface area contributed by atoms with Gasteiger partial charge < -0.3 is 24.3 Å². The summed E-state index contributed by atoms with van der Waals surface area (Å²) in [7, 11) is 5.52. The molecular formula is C13H26N4O2. The van der Waals surface area contributed by atoms with Crippen molar-refractivity contribution in [2.45, 2.75) is 19.5 Å². The SMILES string of the molecule is COCCN(C)CCn1ccnc1NC(C)COC. The number of likely N-dealkylation sites (N-methyl/N-ethyl adjacent to an activating group) is 1. The highest BCUT2D eigenvalue weighted by Gasteiger charge is 2.07. The van der Waals surface area contributed by atoms with E-state index in [1.807, 2.05) is 12.4 Å². The number of aromatic nitrogens is 2. The highest BCUT2D eigenvalue weighted by molar-refractivity contribution is 5.27. The van der Waals surface area contributed by atoms with Gasteiger partial charge in [-0.3, -0.25) is 0 Å². The molecule has 1 unspecified atom stereocenters. The van der Waals surface area contributed by atoms with Gasteiger partial charge in [-0.05, 0) is 14.0 Å². The van der Waals surface area contributed by atoms with Crippen molar-refractivity contribution in [1.82, 2.24) is 14.5 Å². The molecule has 0 saturated heterocycles. The lowest BCUT2D eigenvalue weighted by molar-refractivity contribution is 0.159. The molecule has 6 heteroatoms. The zero-order valence-electron chi connectivity index (χ0n) is 12.4.